The number of nitrogens with one attached hydrogen (secondary N) is 1. The first-order chi connectivity index (χ1) is 9.20. The highest BCUT2D eigenvalue weighted by Gasteiger charge is 2.28. The van der Waals surface area contributed by atoms with Gasteiger partial charge in [-0.05, 0) is 19.8 Å². The van der Waals surface area contributed by atoms with Gasteiger partial charge in [-0.15, -0.1) is 0 Å². The lowest BCUT2D eigenvalue weighted by atomic mass is 9.97. The predicted octanol–water partition coefficient (Wildman–Crippen LogP) is 1.35. The van der Waals surface area contributed by atoms with Gasteiger partial charge in [-0.2, -0.15) is 8.75 Å². The number of piperidine rings is 1. The van der Waals surface area contributed by atoms with E-state index in [1.165, 1.54) is 6.20 Å². The molecular formula is C11H16N4O3S. The Hall–Kier alpha value is -1.70. The summed E-state index contributed by atoms with van der Waals surface area (Å²) in [6.07, 6.45) is 2.79. The molecule has 2 rings (SSSR count). The monoisotopic (exact) mass is 284 g/mol. The zero-order valence-electron chi connectivity index (χ0n) is 10.7. The van der Waals surface area contributed by atoms with Gasteiger partial charge in [0.25, 0.3) is 0 Å². The predicted molar refractivity (Wildman–Crippen MR) is 69.9 cm³/mol. The normalized spacial score (nSPS) is 16.2. The molecular weight excluding hydrogens is 268 g/mol. The van der Waals surface area contributed by atoms with Crippen LogP contribution in [0.5, 0.6) is 0 Å². The molecule has 0 radical (unpaired) electrons. The molecule has 1 aliphatic heterocycles. The Labute approximate surface area is 115 Å². The van der Waals surface area contributed by atoms with E-state index in [-0.39, 0.29) is 17.9 Å². The van der Waals surface area contributed by atoms with Gasteiger partial charge in [0.05, 0.1) is 30.4 Å². The van der Waals surface area contributed by atoms with Crippen LogP contribution in [-0.2, 0) is 9.53 Å². The molecule has 104 valence electrons. The topological polar surface area (TPSA) is 84.4 Å². The number of rotatable bonds is 3. The van der Waals surface area contributed by atoms with Gasteiger partial charge >= 0.3 is 12.0 Å². The van der Waals surface area contributed by atoms with Gasteiger partial charge in [0.1, 0.15) is 0 Å². The van der Waals surface area contributed by atoms with Crippen molar-refractivity contribution in [2.24, 2.45) is 5.92 Å². The Bertz CT molecular complexity index is 429. The molecule has 8 heteroatoms. The maximum absolute atomic E-state index is 11.9. The van der Waals surface area contributed by atoms with Crippen LogP contribution in [0.4, 0.5) is 10.6 Å². The van der Waals surface area contributed by atoms with Crippen molar-refractivity contribution >= 4 is 29.5 Å². The van der Waals surface area contributed by atoms with E-state index < -0.39 is 0 Å². The van der Waals surface area contributed by atoms with Crippen LogP contribution in [0.15, 0.2) is 6.20 Å². The minimum absolute atomic E-state index is 0.0926. The standard InChI is InChI=1S/C11H16N4O3S/c1-2-18-10(16)8-3-5-15(6-4-8)11(17)13-9-7-12-19-14-9/h7-8H,2-6H2,1H3,(H,13,14,17). The number of amides is 2. The van der Waals surface area contributed by atoms with Gasteiger partial charge in [-0.25, -0.2) is 4.79 Å². The summed E-state index contributed by atoms with van der Waals surface area (Å²) in [4.78, 5) is 25.2. The van der Waals surface area contributed by atoms with Crippen LogP contribution in [0.1, 0.15) is 19.8 Å². The number of aromatic nitrogens is 2. The van der Waals surface area contributed by atoms with Crippen LogP contribution in [0.2, 0.25) is 0 Å². The molecule has 1 saturated heterocycles. The van der Waals surface area contributed by atoms with Crippen LogP contribution in [0.25, 0.3) is 0 Å². The molecule has 1 aromatic heterocycles. The molecule has 2 heterocycles. The average molecular weight is 284 g/mol. The third kappa shape index (κ3) is 3.63. The summed E-state index contributed by atoms with van der Waals surface area (Å²) in [6, 6.07) is -0.199. The first-order valence-corrected chi connectivity index (χ1v) is 6.94. The number of likely N-dealkylation sites (tertiary alicyclic amines) is 1. The number of ether oxygens (including phenoxy) is 1. The molecule has 0 aromatic carbocycles. The van der Waals surface area contributed by atoms with E-state index in [0.717, 1.165) is 11.7 Å². The van der Waals surface area contributed by atoms with Crippen LogP contribution < -0.4 is 5.32 Å². The second-order valence-corrected chi connectivity index (χ2v) is 4.79. The van der Waals surface area contributed by atoms with Crippen molar-refractivity contribution in [1.29, 1.82) is 0 Å². The molecule has 0 aliphatic carbocycles. The fraction of sp³-hybridized carbons (Fsp3) is 0.636. The first kappa shape index (κ1) is 13.7. The fourth-order valence-electron chi connectivity index (χ4n) is 1.99. The van der Waals surface area contributed by atoms with E-state index in [9.17, 15) is 9.59 Å². The quantitative estimate of drug-likeness (QED) is 0.847. The van der Waals surface area contributed by atoms with Gasteiger partial charge in [0.15, 0.2) is 5.82 Å². The second-order valence-electron chi connectivity index (χ2n) is 4.24. The molecule has 0 atom stereocenters. The number of carbonyl (C=O) groups is 2. The molecule has 1 aromatic rings. The lowest BCUT2D eigenvalue weighted by Gasteiger charge is -2.30. The van der Waals surface area contributed by atoms with Gasteiger partial charge in [0.2, 0.25) is 0 Å². The Morgan fingerprint density at radius 1 is 1.53 bits per heavy atom. The minimum Gasteiger partial charge on any atom is -0.466 e. The van der Waals surface area contributed by atoms with Crippen LogP contribution >= 0.6 is 11.7 Å². The Balaban J connectivity index is 1.79. The summed E-state index contributed by atoms with van der Waals surface area (Å²) in [6.45, 7) is 3.29. The van der Waals surface area contributed by atoms with Crippen molar-refractivity contribution in [2.45, 2.75) is 19.8 Å². The number of hydrogen-bond donors (Lipinski definition) is 1. The summed E-state index contributed by atoms with van der Waals surface area (Å²) in [5.74, 6) is 0.207. The maximum Gasteiger partial charge on any atom is 0.323 e. The SMILES string of the molecule is CCOC(=O)C1CCN(C(=O)Nc2cnsn2)CC1. The molecule has 0 bridgehead atoms. The molecule has 0 spiro atoms. The van der Waals surface area contributed by atoms with E-state index in [0.29, 0.717) is 38.4 Å². The average Bonchev–Trinajstić information content (AvgIpc) is 2.92. The van der Waals surface area contributed by atoms with Gasteiger partial charge < -0.3 is 9.64 Å². The number of nitrogens with zero attached hydrogens (tertiary/aromatic N) is 3. The maximum atomic E-state index is 11.9. The minimum atomic E-state index is -0.199. The lowest BCUT2D eigenvalue weighted by molar-refractivity contribution is -0.149. The zero-order chi connectivity index (χ0) is 13.7. The van der Waals surface area contributed by atoms with Crippen LogP contribution in [-0.4, -0.2) is 45.3 Å². The highest BCUT2D eigenvalue weighted by atomic mass is 32.1. The third-order valence-electron chi connectivity index (χ3n) is 3.00. The van der Waals surface area contributed by atoms with E-state index in [2.05, 4.69) is 14.1 Å². The molecule has 1 aliphatic rings. The number of anilines is 1. The number of hydrogen-bond acceptors (Lipinski definition) is 6. The van der Waals surface area contributed by atoms with E-state index in [1.54, 1.807) is 11.8 Å². The third-order valence-corrected chi connectivity index (χ3v) is 3.48. The van der Waals surface area contributed by atoms with Crippen LogP contribution in [0.3, 0.4) is 0 Å². The molecule has 0 saturated carbocycles. The van der Waals surface area contributed by atoms with Gasteiger partial charge in [-0.3, -0.25) is 10.1 Å². The van der Waals surface area contributed by atoms with Gasteiger partial charge in [0, 0.05) is 13.1 Å². The Morgan fingerprint density at radius 3 is 2.84 bits per heavy atom. The van der Waals surface area contributed by atoms with Crippen molar-refractivity contribution in [2.75, 3.05) is 25.0 Å². The highest BCUT2D eigenvalue weighted by molar-refractivity contribution is 6.99. The fourth-order valence-corrected chi connectivity index (χ4v) is 2.36. The number of esters is 1. The summed E-state index contributed by atoms with van der Waals surface area (Å²) in [5.41, 5.74) is 0. The Morgan fingerprint density at radius 2 is 2.26 bits per heavy atom. The van der Waals surface area contributed by atoms with Crippen molar-refractivity contribution in [1.82, 2.24) is 13.6 Å². The first-order valence-electron chi connectivity index (χ1n) is 6.21. The molecule has 1 N–H and O–H groups in total. The summed E-state index contributed by atoms with van der Waals surface area (Å²) < 4.78 is 12.7. The van der Waals surface area contributed by atoms with E-state index in [4.69, 9.17) is 4.74 Å². The summed E-state index contributed by atoms with van der Waals surface area (Å²) in [7, 11) is 0. The van der Waals surface area contributed by atoms with Crippen LogP contribution in [0, 0.1) is 5.92 Å². The van der Waals surface area contributed by atoms with Crippen molar-refractivity contribution in [3.05, 3.63) is 6.20 Å². The zero-order valence-corrected chi connectivity index (χ0v) is 11.5. The van der Waals surface area contributed by atoms with E-state index in [1.807, 2.05) is 0 Å². The largest absolute Gasteiger partial charge is 0.466 e. The number of urea groups is 1. The van der Waals surface area contributed by atoms with Crippen molar-refractivity contribution in [3.8, 4) is 0 Å². The molecule has 19 heavy (non-hydrogen) atoms. The summed E-state index contributed by atoms with van der Waals surface area (Å²) in [5, 5.41) is 2.67. The highest BCUT2D eigenvalue weighted by Crippen LogP contribution is 2.19. The molecule has 0 unspecified atom stereocenters. The Kier molecular flexibility index (Phi) is 4.67. The molecule has 2 amide bonds. The lowest BCUT2D eigenvalue weighted by Crippen LogP contribution is -2.42. The van der Waals surface area contributed by atoms with Gasteiger partial charge in [-0.1, -0.05) is 0 Å². The van der Waals surface area contributed by atoms with Crippen molar-refractivity contribution in [3.63, 3.8) is 0 Å². The molecule has 1 fully saturated rings. The molecule has 7 nitrogen and oxygen atoms in total. The van der Waals surface area contributed by atoms with Crippen molar-refractivity contribution < 1.29 is 14.3 Å². The smallest absolute Gasteiger partial charge is 0.323 e. The second kappa shape index (κ2) is 6.46. The number of carbonyl (C=O) groups excluding carboxylic acids is 2. The van der Waals surface area contributed by atoms with E-state index >= 15 is 0 Å². The summed E-state index contributed by atoms with van der Waals surface area (Å²) >= 11 is 1.04.